The molecule has 0 N–H and O–H groups in total. The summed E-state index contributed by atoms with van der Waals surface area (Å²) in [7, 11) is 0. The van der Waals surface area contributed by atoms with E-state index >= 15 is 0 Å². The summed E-state index contributed by atoms with van der Waals surface area (Å²) in [5.74, 6) is 0.519. The fraction of sp³-hybridized carbons (Fsp3) is 0.160. The minimum Gasteiger partial charge on any atom is -0.481 e. The van der Waals surface area contributed by atoms with E-state index in [0.717, 1.165) is 16.5 Å². The molecule has 0 aliphatic carbocycles. The lowest BCUT2D eigenvalue weighted by atomic mass is 10.2. The number of nitro benzene ring substituents is 1. The van der Waals surface area contributed by atoms with Crippen LogP contribution in [0.2, 0.25) is 5.02 Å². The van der Waals surface area contributed by atoms with Crippen molar-refractivity contribution < 1.29 is 9.66 Å². The predicted molar refractivity (Wildman–Crippen MR) is 147 cm³/mol. The van der Waals surface area contributed by atoms with Gasteiger partial charge in [-0.05, 0) is 48.4 Å². The second-order valence-corrected chi connectivity index (χ2v) is 10.1. The Kier molecular flexibility index (Phi) is 8.17. The third-order valence-corrected chi connectivity index (χ3v) is 6.42. The molecule has 0 aliphatic rings. The molecular weight excluding hydrogens is 616 g/mol. The quantitative estimate of drug-likeness (QED) is 0.119. The van der Waals surface area contributed by atoms with Gasteiger partial charge in [-0.2, -0.15) is 9.78 Å². The maximum atomic E-state index is 13.3. The summed E-state index contributed by atoms with van der Waals surface area (Å²) >= 11 is 12.6. The molecule has 184 valence electrons. The zero-order chi connectivity index (χ0) is 25.8. The smallest absolute Gasteiger partial charge is 0.312 e. The van der Waals surface area contributed by atoms with Crippen LogP contribution in [0.4, 0.5) is 5.69 Å². The van der Waals surface area contributed by atoms with Crippen LogP contribution in [0, 0.1) is 10.1 Å². The van der Waals surface area contributed by atoms with E-state index in [4.69, 9.17) is 16.3 Å². The molecule has 4 aromatic rings. The summed E-state index contributed by atoms with van der Waals surface area (Å²) in [4.78, 5) is 29.2. The van der Waals surface area contributed by atoms with E-state index in [9.17, 15) is 14.9 Å². The van der Waals surface area contributed by atoms with Crippen LogP contribution < -0.4 is 10.3 Å². The van der Waals surface area contributed by atoms with Gasteiger partial charge in [0, 0.05) is 32.0 Å². The van der Waals surface area contributed by atoms with Crippen LogP contribution in [0.1, 0.15) is 30.3 Å². The predicted octanol–water partition coefficient (Wildman–Crippen LogP) is 6.90. The van der Waals surface area contributed by atoms with Crippen molar-refractivity contribution in [3.63, 3.8) is 0 Å². The van der Waals surface area contributed by atoms with E-state index in [1.54, 1.807) is 42.5 Å². The molecule has 0 radical (unpaired) electrons. The van der Waals surface area contributed by atoms with Gasteiger partial charge in [0.1, 0.15) is 12.4 Å². The number of benzene rings is 3. The molecule has 0 spiro atoms. The maximum absolute atomic E-state index is 13.3. The Morgan fingerprint density at radius 3 is 2.58 bits per heavy atom. The molecule has 0 saturated heterocycles. The van der Waals surface area contributed by atoms with E-state index < -0.39 is 4.92 Å². The lowest BCUT2D eigenvalue weighted by molar-refractivity contribution is -0.386. The van der Waals surface area contributed by atoms with Gasteiger partial charge in [-0.3, -0.25) is 14.9 Å². The van der Waals surface area contributed by atoms with Crippen LogP contribution in [0.15, 0.2) is 73.4 Å². The van der Waals surface area contributed by atoms with Crippen molar-refractivity contribution in [1.29, 1.82) is 0 Å². The lowest BCUT2D eigenvalue weighted by Crippen LogP contribution is -2.22. The van der Waals surface area contributed by atoms with Crippen LogP contribution in [-0.4, -0.2) is 20.8 Å². The van der Waals surface area contributed by atoms with Gasteiger partial charge in [0.25, 0.3) is 5.56 Å². The Balaban J connectivity index is 1.80. The summed E-state index contributed by atoms with van der Waals surface area (Å²) < 4.78 is 8.33. The van der Waals surface area contributed by atoms with E-state index in [-0.39, 0.29) is 23.6 Å². The molecule has 0 fully saturated rings. The number of halogens is 3. The van der Waals surface area contributed by atoms with Crippen molar-refractivity contribution in [2.24, 2.45) is 5.10 Å². The summed E-state index contributed by atoms with van der Waals surface area (Å²) in [6, 6.07) is 15.3. The number of hydrogen-bond donors (Lipinski definition) is 0. The molecule has 8 nitrogen and oxygen atoms in total. The van der Waals surface area contributed by atoms with Crippen molar-refractivity contribution >= 4 is 66.3 Å². The van der Waals surface area contributed by atoms with Crippen LogP contribution in [0.3, 0.4) is 0 Å². The molecule has 0 aliphatic heterocycles. The number of aromatic nitrogens is 2. The normalized spacial score (nSPS) is 11.3. The minimum atomic E-state index is -0.525. The molecule has 3 aromatic carbocycles. The van der Waals surface area contributed by atoms with Crippen molar-refractivity contribution in [2.75, 3.05) is 0 Å². The van der Waals surface area contributed by atoms with Crippen molar-refractivity contribution in [3.05, 3.63) is 106 Å². The number of nitro groups is 1. The Morgan fingerprint density at radius 1 is 1.14 bits per heavy atom. The fourth-order valence-corrected chi connectivity index (χ4v) is 4.49. The highest BCUT2D eigenvalue weighted by Crippen LogP contribution is 2.34. The molecule has 11 heteroatoms. The maximum Gasteiger partial charge on any atom is 0.312 e. The SMILES string of the molecule is CCCc1nc2ccc(Br)cc2c(=O)n1N=Cc1cc(Br)cc([N+](=O)[O-])c1OCc1ccc(Cl)cc1. The van der Waals surface area contributed by atoms with Crippen LogP contribution in [-0.2, 0) is 13.0 Å². The van der Waals surface area contributed by atoms with Gasteiger partial charge in [0.05, 0.1) is 22.0 Å². The molecular formula is C25H19Br2ClN4O4. The second kappa shape index (κ2) is 11.3. The average molecular weight is 635 g/mol. The first-order valence-electron chi connectivity index (χ1n) is 10.9. The molecule has 4 rings (SSSR count). The van der Waals surface area contributed by atoms with Gasteiger partial charge in [-0.1, -0.05) is 62.5 Å². The zero-order valence-corrected chi connectivity index (χ0v) is 22.9. The summed E-state index contributed by atoms with van der Waals surface area (Å²) in [6.45, 7) is 2.05. The number of fused-ring (bicyclic) bond motifs is 1. The summed E-state index contributed by atoms with van der Waals surface area (Å²) in [5.41, 5.74) is 1.11. The van der Waals surface area contributed by atoms with E-state index in [2.05, 4.69) is 41.9 Å². The molecule has 0 amide bonds. The van der Waals surface area contributed by atoms with Gasteiger partial charge in [0.15, 0.2) is 0 Å². The van der Waals surface area contributed by atoms with Gasteiger partial charge >= 0.3 is 5.69 Å². The van der Waals surface area contributed by atoms with Crippen molar-refractivity contribution in [1.82, 2.24) is 9.66 Å². The number of aryl methyl sites for hydroxylation is 1. The number of rotatable bonds is 8. The standard InChI is InChI=1S/C25H19Br2ClN4O4/c1-2-3-23-30-21-9-6-17(26)11-20(21)25(33)31(23)29-13-16-10-18(27)12-22(32(34)35)24(16)36-14-15-4-7-19(28)8-5-15/h4-13H,2-3,14H2,1H3. The number of nitrogens with zero attached hydrogens (tertiary/aromatic N) is 4. The van der Waals surface area contributed by atoms with Crippen molar-refractivity contribution in [3.8, 4) is 5.75 Å². The molecule has 1 heterocycles. The fourth-order valence-electron chi connectivity index (χ4n) is 3.54. The van der Waals surface area contributed by atoms with Gasteiger partial charge in [-0.15, -0.1) is 0 Å². The molecule has 0 unspecified atom stereocenters. The Hall–Kier alpha value is -3.08. The van der Waals surface area contributed by atoms with Crippen LogP contribution >= 0.6 is 43.5 Å². The van der Waals surface area contributed by atoms with Gasteiger partial charge < -0.3 is 4.74 Å². The summed E-state index contributed by atoms with van der Waals surface area (Å²) in [5, 5.41) is 17.2. The highest BCUT2D eigenvalue weighted by atomic mass is 79.9. The average Bonchev–Trinajstić information content (AvgIpc) is 2.84. The second-order valence-electron chi connectivity index (χ2n) is 7.82. The largest absolute Gasteiger partial charge is 0.481 e. The number of ether oxygens (including phenoxy) is 1. The molecule has 36 heavy (non-hydrogen) atoms. The molecule has 0 bridgehead atoms. The zero-order valence-electron chi connectivity index (χ0n) is 19.0. The highest BCUT2D eigenvalue weighted by Gasteiger charge is 2.21. The van der Waals surface area contributed by atoms with Crippen LogP contribution in [0.25, 0.3) is 10.9 Å². The van der Waals surface area contributed by atoms with E-state index in [1.165, 1.54) is 17.0 Å². The van der Waals surface area contributed by atoms with E-state index in [1.807, 2.05) is 13.0 Å². The van der Waals surface area contributed by atoms with Gasteiger partial charge in [0.2, 0.25) is 5.75 Å². The van der Waals surface area contributed by atoms with E-state index in [0.29, 0.717) is 38.2 Å². The Labute approximate surface area is 228 Å². The first-order valence-corrected chi connectivity index (χ1v) is 12.8. The third kappa shape index (κ3) is 5.83. The number of hydrogen-bond acceptors (Lipinski definition) is 6. The van der Waals surface area contributed by atoms with Crippen molar-refractivity contribution in [2.45, 2.75) is 26.4 Å². The van der Waals surface area contributed by atoms with Crippen LogP contribution in [0.5, 0.6) is 5.75 Å². The highest BCUT2D eigenvalue weighted by molar-refractivity contribution is 9.10. The Bertz CT molecular complexity index is 1540. The third-order valence-electron chi connectivity index (χ3n) is 5.22. The first-order chi connectivity index (χ1) is 17.3. The van der Waals surface area contributed by atoms with Gasteiger partial charge in [-0.25, -0.2) is 4.98 Å². The molecule has 0 atom stereocenters. The topological polar surface area (TPSA) is 99.6 Å². The first kappa shape index (κ1) is 26.0. The lowest BCUT2D eigenvalue weighted by Gasteiger charge is -2.12. The Morgan fingerprint density at radius 2 is 1.89 bits per heavy atom. The summed E-state index contributed by atoms with van der Waals surface area (Å²) in [6.07, 6.45) is 2.65. The monoisotopic (exact) mass is 632 g/mol. The molecule has 1 aromatic heterocycles. The molecule has 0 saturated carbocycles. The minimum absolute atomic E-state index is 0.0310.